The predicted molar refractivity (Wildman–Crippen MR) is 95.7 cm³/mol. The predicted octanol–water partition coefficient (Wildman–Crippen LogP) is 0.896. The van der Waals surface area contributed by atoms with E-state index in [1.165, 1.54) is 0 Å². The van der Waals surface area contributed by atoms with Crippen LogP contribution in [0.15, 0.2) is 30.5 Å². The third-order valence-corrected chi connectivity index (χ3v) is 5.29. The van der Waals surface area contributed by atoms with E-state index in [0.29, 0.717) is 44.7 Å². The molecule has 0 radical (unpaired) electrons. The third-order valence-electron chi connectivity index (χ3n) is 5.29. The monoisotopic (exact) mass is 357 g/mol. The molecule has 138 valence electrons. The smallest absolute Gasteiger partial charge is 0.254 e. The van der Waals surface area contributed by atoms with Gasteiger partial charge in [0.2, 0.25) is 5.91 Å². The molecule has 2 aromatic rings. The van der Waals surface area contributed by atoms with Gasteiger partial charge in [0.25, 0.3) is 5.91 Å². The highest BCUT2D eigenvalue weighted by atomic mass is 16.5. The molecular formula is C19H23N3O4. The average molecular weight is 357 g/mol. The van der Waals surface area contributed by atoms with Crippen molar-refractivity contribution in [1.82, 2.24) is 15.2 Å². The Morgan fingerprint density at radius 2 is 2.15 bits per heavy atom. The zero-order chi connectivity index (χ0) is 18.1. The van der Waals surface area contributed by atoms with Crippen molar-refractivity contribution >= 4 is 22.7 Å². The molecular weight excluding hydrogens is 334 g/mol. The number of ether oxygens (including phenoxy) is 1. The van der Waals surface area contributed by atoms with Crippen LogP contribution in [-0.4, -0.2) is 65.3 Å². The minimum atomic E-state index is -0.357. The second-order valence-corrected chi connectivity index (χ2v) is 7.07. The fourth-order valence-electron chi connectivity index (χ4n) is 3.60. The number of benzene rings is 1. The minimum Gasteiger partial charge on any atom is -0.393 e. The lowest BCUT2D eigenvalue weighted by Crippen LogP contribution is -2.54. The van der Waals surface area contributed by atoms with Crippen molar-refractivity contribution in [1.29, 1.82) is 0 Å². The van der Waals surface area contributed by atoms with Crippen molar-refractivity contribution in [2.75, 3.05) is 26.3 Å². The van der Waals surface area contributed by atoms with Crippen LogP contribution in [0.4, 0.5) is 0 Å². The number of aromatic nitrogens is 1. The molecule has 3 N–H and O–H groups in total. The van der Waals surface area contributed by atoms with Gasteiger partial charge in [-0.2, -0.15) is 0 Å². The number of aliphatic hydroxyl groups is 1. The zero-order valence-electron chi connectivity index (χ0n) is 14.5. The lowest BCUT2D eigenvalue weighted by molar-refractivity contribution is -0.131. The number of nitrogens with zero attached hydrogens (tertiary/aromatic N) is 1. The molecule has 1 aliphatic carbocycles. The first-order chi connectivity index (χ1) is 12.6. The Morgan fingerprint density at radius 1 is 1.31 bits per heavy atom. The number of aliphatic hydroxyl groups excluding tert-OH is 1. The van der Waals surface area contributed by atoms with Crippen LogP contribution in [0.5, 0.6) is 0 Å². The van der Waals surface area contributed by atoms with Crippen LogP contribution < -0.4 is 5.32 Å². The molecule has 2 amide bonds. The largest absolute Gasteiger partial charge is 0.393 e. The Bertz CT molecular complexity index is 812. The van der Waals surface area contributed by atoms with Crippen LogP contribution >= 0.6 is 0 Å². The molecule has 1 saturated heterocycles. The van der Waals surface area contributed by atoms with Gasteiger partial charge in [-0.1, -0.05) is 6.07 Å². The molecule has 0 spiro atoms. The van der Waals surface area contributed by atoms with Gasteiger partial charge in [0.15, 0.2) is 0 Å². The Hall–Kier alpha value is -2.38. The maximum atomic E-state index is 13.0. The van der Waals surface area contributed by atoms with Crippen LogP contribution in [-0.2, 0) is 9.53 Å². The van der Waals surface area contributed by atoms with Crippen molar-refractivity contribution in [3.8, 4) is 0 Å². The molecule has 1 aliphatic heterocycles. The van der Waals surface area contributed by atoms with E-state index < -0.39 is 0 Å². The number of aromatic amines is 1. The molecule has 7 nitrogen and oxygen atoms in total. The number of morpholine rings is 1. The fourth-order valence-corrected chi connectivity index (χ4v) is 3.60. The van der Waals surface area contributed by atoms with Gasteiger partial charge in [0.1, 0.15) is 0 Å². The minimum absolute atomic E-state index is 0.0527. The van der Waals surface area contributed by atoms with Gasteiger partial charge in [0, 0.05) is 36.3 Å². The van der Waals surface area contributed by atoms with E-state index >= 15 is 0 Å². The number of rotatable bonds is 4. The van der Waals surface area contributed by atoms with Gasteiger partial charge < -0.3 is 25.0 Å². The maximum Gasteiger partial charge on any atom is 0.254 e. The van der Waals surface area contributed by atoms with E-state index in [0.717, 1.165) is 10.9 Å². The summed E-state index contributed by atoms with van der Waals surface area (Å²) in [5.74, 6) is -0.224. The highest BCUT2D eigenvalue weighted by molar-refractivity contribution is 5.98. The summed E-state index contributed by atoms with van der Waals surface area (Å²) in [4.78, 5) is 30.0. The number of hydrogen-bond donors (Lipinski definition) is 3. The maximum absolute atomic E-state index is 13.0. The number of fused-ring (bicyclic) bond motifs is 1. The molecule has 26 heavy (non-hydrogen) atoms. The SMILES string of the molecule is O=C(NCC1COCCN1C(=O)c1ccc2cc[nH]c2c1)C1CC(O)C1. The van der Waals surface area contributed by atoms with E-state index in [1.54, 1.807) is 4.90 Å². The molecule has 1 atom stereocenters. The summed E-state index contributed by atoms with van der Waals surface area (Å²) in [6.45, 7) is 1.77. The Kier molecular flexibility index (Phi) is 4.65. The first-order valence-electron chi connectivity index (χ1n) is 9.03. The summed E-state index contributed by atoms with van der Waals surface area (Å²) in [7, 11) is 0. The van der Waals surface area contributed by atoms with E-state index in [4.69, 9.17) is 4.74 Å². The first-order valence-corrected chi connectivity index (χ1v) is 9.03. The van der Waals surface area contributed by atoms with Crippen LogP contribution in [0.2, 0.25) is 0 Å². The Balaban J connectivity index is 1.42. The van der Waals surface area contributed by atoms with Gasteiger partial charge in [0.05, 0.1) is 25.4 Å². The molecule has 2 fully saturated rings. The molecule has 4 rings (SSSR count). The third kappa shape index (κ3) is 3.32. The topological polar surface area (TPSA) is 94.7 Å². The quantitative estimate of drug-likeness (QED) is 0.758. The molecule has 2 aliphatic rings. The molecule has 1 aromatic carbocycles. The number of carbonyl (C=O) groups excluding carboxylic acids is 2. The fraction of sp³-hybridized carbons (Fsp3) is 0.474. The summed E-state index contributed by atoms with van der Waals surface area (Å²) in [5, 5.41) is 13.3. The molecule has 0 bridgehead atoms. The zero-order valence-corrected chi connectivity index (χ0v) is 14.5. The molecule has 1 saturated carbocycles. The van der Waals surface area contributed by atoms with Gasteiger partial charge >= 0.3 is 0 Å². The molecule has 1 aromatic heterocycles. The van der Waals surface area contributed by atoms with Crippen molar-refractivity contribution in [3.05, 3.63) is 36.0 Å². The summed E-state index contributed by atoms with van der Waals surface area (Å²) in [6.07, 6.45) is 2.53. The number of nitrogens with one attached hydrogen (secondary N) is 2. The van der Waals surface area contributed by atoms with Crippen molar-refractivity contribution < 1.29 is 19.4 Å². The van der Waals surface area contributed by atoms with Gasteiger partial charge in [-0.05, 0) is 36.4 Å². The van der Waals surface area contributed by atoms with E-state index in [2.05, 4.69) is 10.3 Å². The van der Waals surface area contributed by atoms with Crippen molar-refractivity contribution in [2.45, 2.75) is 25.0 Å². The van der Waals surface area contributed by atoms with Crippen LogP contribution in [0.1, 0.15) is 23.2 Å². The molecule has 2 heterocycles. The van der Waals surface area contributed by atoms with E-state index in [9.17, 15) is 14.7 Å². The van der Waals surface area contributed by atoms with Gasteiger partial charge in [-0.25, -0.2) is 0 Å². The number of H-pyrrole nitrogens is 1. The summed E-state index contributed by atoms with van der Waals surface area (Å²) in [6, 6.07) is 7.40. The highest BCUT2D eigenvalue weighted by Crippen LogP contribution is 2.27. The second kappa shape index (κ2) is 7.09. The van der Waals surface area contributed by atoms with Gasteiger partial charge in [-0.3, -0.25) is 9.59 Å². The lowest BCUT2D eigenvalue weighted by atomic mass is 9.82. The van der Waals surface area contributed by atoms with Crippen molar-refractivity contribution in [2.24, 2.45) is 5.92 Å². The normalized spacial score (nSPS) is 25.7. The van der Waals surface area contributed by atoms with Crippen LogP contribution in [0, 0.1) is 5.92 Å². The van der Waals surface area contributed by atoms with Crippen LogP contribution in [0.3, 0.4) is 0 Å². The van der Waals surface area contributed by atoms with Crippen molar-refractivity contribution in [3.63, 3.8) is 0 Å². The second-order valence-electron chi connectivity index (χ2n) is 7.07. The van der Waals surface area contributed by atoms with Gasteiger partial charge in [-0.15, -0.1) is 0 Å². The van der Waals surface area contributed by atoms with E-state index in [-0.39, 0.29) is 29.9 Å². The Morgan fingerprint density at radius 3 is 2.96 bits per heavy atom. The summed E-state index contributed by atoms with van der Waals surface area (Å²) < 4.78 is 5.52. The summed E-state index contributed by atoms with van der Waals surface area (Å²) >= 11 is 0. The first kappa shape index (κ1) is 17.1. The number of hydrogen-bond acceptors (Lipinski definition) is 4. The van der Waals surface area contributed by atoms with E-state index in [1.807, 2.05) is 30.5 Å². The Labute approximate surface area is 151 Å². The average Bonchev–Trinajstić information content (AvgIpc) is 3.11. The highest BCUT2D eigenvalue weighted by Gasteiger charge is 2.34. The molecule has 1 unspecified atom stereocenters. The number of amides is 2. The molecule has 7 heteroatoms. The summed E-state index contributed by atoms with van der Waals surface area (Å²) in [5.41, 5.74) is 1.55. The lowest BCUT2D eigenvalue weighted by Gasteiger charge is -2.37. The number of carbonyl (C=O) groups is 2. The van der Waals surface area contributed by atoms with Crippen LogP contribution in [0.25, 0.3) is 10.9 Å². The standard InChI is InChI=1S/C19H23N3O4/c23-16-7-14(8-16)18(24)21-10-15-11-26-6-5-22(15)19(25)13-2-1-12-3-4-20-17(12)9-13/h1-4,9,14-16,20,23H,5-8,10-11H2,(H,21,24).